The first kappa shape index (κ1) is 24.3. The van der Waals surface area contributed by atoms with Crippen molar-refractivity contribution in [1.82, 2.24) is 19.1 Å². The van der Waals surface area contributed by atoms with Gasteiger partial charge in [-0.2, -0.15) is 0 Å². The molecule has 0 N–H and O–H groups in total. The van der Waals surface area contributed by atoms with Crippen LogP contribution in [0.15, 0.2) is 122 Å². The van der Waals surface area contributed by atoms with Crippen LogP contribution in [0, 0.1) is 0 Å². The molecule has 196 valence electrons. The van der Waals surface area contributed by atoms with Gasteiger partial charge in [-0.05, 0) is 46.5 Å². The molecule has 3 heterocycles. The highest BCUT2D eigenvalue weighted by molar-refractivity contribution is 5.67. The van der Waals surface area contributed by atoms with E-state index in [1.54, 1.807) is 0 Å². The molecule has 0 unspecified atom stereocenters. The van der Waals surface area contributed by atoms with E-state index in [1.807, 2.05) is 12.1 Å². The zero-order valence-corrected chi connectivity index (χ0v) is 23.3. The predicted octanol–water partition coefficient (Wildman–Crippen LogP) is 8.36. The van der Waals surface area contributed by atoms with Crippen LogP contribution in [-0.2, 0) is 10.8 Å². The predicted molar refractivity (Wildman–Crippen MR) is 162 cm³/mol. The molecule has 8 bridgehead atoms. The molecule has 0 saturated heterocycles. The van der Waals surface area contributed by atoms with Crippen LogP contribution in [0.25, 0.3) is 34.2 Å². The van der Waals surface area contributed by atoms with Crippen LogP contribution in [0.2, 0.25) is 0 Å². The van der Waals surface area contributed by atoms with Crippen LogP contribution < -0.4 is 0 Å². The first-order valence-electron chi connectivity index (χ1n) is 13.8. The molecule has 1 aliphatic rings. The number of aromatic nitrogens is 4. The van der Waals surface area contributed by atoms with Crippen molar-refractivity contribution in [2.24, 2.45) is 0 Å². The van der Waals surface area contributed by atoms with E-state index in [1.165, 1.54) is 22.3 Å². The number of rotatable bonds is 2. The summed E-state index contributed by atoms with van der Waals surface area (Å²) < 4.78 is 4.39. The highest BCUT2D eigenvalue weighted by Gasteiger charge is 2.33. The summed E-state index contributed by atoms with van der Waals surface area (Å²) in [5.74, 6) is 1.64. The molecule has 4 nitrogen and oxygen atoms in total. The van der Waals surface area contributed by atoms with E-state index in [9.17, 15) is 0 Å². The molecule has 0 atom stereocenters. The summed E-state index contributed by atoms with van der Waals surface area (Å²) in [6.07, 6.45) is 4.37. The van der Waals surface area contributed by atoms with Crippen LogP contribution in [0.4, 0.5) is 0 Å². The van der Waals surface area contributed by atoms with E-state index in [-0.39, 0.29) is 10.8 Å². The zero-order valence-electron chi connectivity index (χ0n) is 23.3. The van der Waals surface area contributed by atoms with Crippen molar-refractivity contribution in [3.8, 4) is 34.2 Å². The van der Waals surface area contributed by atoms with Crippen LogP contribution in [0.5, 0.6) is 0 Å². The Morgan fingerprint density at radius 3 is 1.27 bits per heavy atom. The highest BCUT2D eigenvalue weighted by atomic mass is 15.2. The van der Waals surface area contributed by atoms with Crippen LogP contribution >= 0.6 is 0 Å². The third-order valence-corrected chi connectivity index (χ3v) is 8.46. The Hall–Kier alpha value is -4.70. The third kappa shape index (κ3) is 3.83. The molecule has 6 aromatic rings. The number of hydrogen-bond donors (Lipinski definition) is 0. The molecule has 7 rings (SSSR count). The molecule has 0 saturated carbocycles. The van der Waals surface area contributed by atoms with Crippen molar-refractivity contribution < 1.29 is 0 Å². The van der Waals surface area contributed by atoms with Crippen LogP contribution in [-0.4, -0.2) is 19.1 Å². The van der Waals surface area contributed by atoms with E-state index >= 15 is 0 Å². The Morgan fingerprint density at radius 1 is 0.475 bits per heavy atom. The fourth-order valence-electron chi connectivity index (χ4n) is 5.72. The Kier molecular flexibility index (Phi) is 5.43. The van der Waals surface area contributed by atoms with Gasteiger partial charge in [-0.1, -0.05) is 113 Å². The molecule has 40 heavy (non-hydrogen) atoms. The minimum absolute atomic E-state index is 0.335. The van der Waals surface area contributed by atoms with Crippen molar-refractivity contribution >= 4 is 0 Å². The van der Waals surface area contributed by atoms with Gasteiger partial charge in [0.1, 0.15) is 0 Å². The second kappa shape index (κ2) is 8.92. The van der Waals surface area contributed by atoms with Crippen molar-refractivity contribution in [3.63, 3.8) is 0 Å². The first-order chi connectivity index (χ1) is 19.3. The Labute approximate surface area is 235 Å². The van der Waals surface area contributed by atoms with Gasteiger partial charge in [0.15, 0.2) is 11.6 Å². The number of hydrogen-bond acceptors (Lipinski definition) is 2. The molecule has 1 aliphatic heterocycles. The van der Waals surface area contributed by atoms with E-state index in [0.29, 0.717) is 0 Å². The normalized spacial score (nSPS) is 14.9. The van der Waals surface area contributed by atoms with Gasteiger partial charge in [0.05, 0.1) is 11.4 Å². The molecule has 0 aliphatic carbocycles. The van der Waals surface area contributed by atoms with Gasteiger partial charge in [0, 0.05) is 34.6 Å². The van der Waals surface area contributed by atoms with E-state index < -0.39 is 0 Å². The summed E-state index contributed by atoms with van der Waals surface area (Å²) >= 11 is 0. The molecule has 0 spiro atoms. The quantitative estimate of drug-likeness (QED) is 0.230. The largest absolute Gasteiger partial charge is 0.297 e. The van der Waals surface area contributed by atoms with E-state index in [4.69, 9.17) is 9.97 Å². The average molecular weight is 521 g/mol. The van der Waals surface area contributed by atoms with Gasteiger partial charge in [-0.3, -0.25) is 9.13 Å². The fraction of sp³-hybridized carbons (Fsp3) is 0.167. The van der Waals surface area contributed by atoms with Crippen molar-refractivity contribution in [1.29, 1.82) is 0 Å². The minimum Gasteiger partial charge on any atom is -0.297 e. The topological polar surface area (TPSA) is 35.6 Å². The molecule has 0 fully saturated rings. The summed E-state index contributed by atoms with van der Waals surface area (Å²) in [4.78, 5) is 10.7. The summed E-state index contributed by atoms with van der Waals surface area (Å²) in [6.45, 7) is 9.03. The highest BCUT2D eigenvalue weighted by Crippen LogP contribution is 2.40. The summed E-state index contributed by atoms with van der Waals surface area (Å²) in [6, 6.07) is 38.7. The van der Waals surface area contributed by atoms with Crippen molar-refractivity contribution in [2.75, 3.05) is 0 Å². The third-order valence-electron chi connectivity index (χ3n) is 8.46. The molecule has 0 amide bonds. The SMILES string of the molecule is CC1(C)c2cccc(c2)-c2cccc(c2)C(C)(C)c2cn(-c3ccccc3)c(n2)-c2nc1cn2-c1ccccc1. The maximum absolute atomic E-state index is 5.37. The Morgan fingerprint density at radius 2 is 0.875 bits per heavy atom. The van der Waals surface area contributed by atoms with Gasteiger partial charge < -0.3 is 0 Å². The van der Waals surface area contributed by atoms with Gasteiger partial charge >= 0.3 is 0 Å². The molecule has 4 heteroatoms. The average Bonchev–Trinajstić information content (AvgIpc) is 3.64. The number of nitrogens with zero attached hydrogens (tertiary/aromatic N) is 4. The lowest BCUT2D eigenvalue weighted by Gasteiger charge is -2.25. The Balaban J connectivity index is 1.60. The second-order valence-corrected chi connectivity index (χ2v) is 11.7. The minimum atomic E-state index is -0.335. The van der Waals surface area contributed by atoms with Gasteiger partial charge in [-0.15, -0.1) is 0 Å². The molecular weight excluding hydrogens is 488 g/mol. The monoisotopic (exact) mass is 520 g/mol. The number of benzene rings is 4. The first-order valence-corrected chi connectivity index (χ1v) is 13.8. The maximum Gasteiger partial charge on any atom is 0.181 e. The van der Waals surface area contributed by atoms with E-state index in [0.717, 1.165) is 34.4 Å². The Bertz CT molecular complexity index is 1700. The molecule has 4 aromatic carbocycles. The summed E-state index contributed by atoms with van der Waals surface area (Å²) in [5.41, 5.74) is 8.30. The lowest BCUT2D eigenvalue weighted by atomic mass is 9.79. The van der Waals surface area contributed by atoms with E-state index in [2.05, 4.69) is 146 Å². The standard InChI is InChI=1S/C36H32N4/c1-35(2)27-15-11-13-25(21-27)26-14-12-16-28(22-26)36(3,4)32-24-40(30-19-9-6-10-20-30)34(38-32)33-37-31(35)23-39(33)29-17-7-5-8-18-29/h5-24H,1-4H3. The summed E-state index contributed by atoms with van der Waals surface area (Å²) in [7, 11) is 0. The lowest BCUT2D eigenvalue weighted by Crippen LogP contribution is -2.20. The maximum atomic E-state index is 5.37. The van der Waals surface area contributed by atoms with Gasteiger partial charge in [0.2, 0.25) is 0 Å². The van der Waals surface area contributed by atoms with Crippen LogP contribution in [0.1, 0.15) is 50.2 Å². The number of imidazole rings is 2. The summed E-state index contributed by atoms with van der Waals surface area (Å²) in [5, 5.41) is 0. The van der Waals surface area contributed by atoms with Gasteiger partial charge in [-0.25, -0.2) is 9.97 Å². The zero-order chi connectivity index (χ0) is 27.5. The molecular formula is C36H32N4. The number of para-hydroxylation sites is 2. The van der Waals surface area contributed by atoms with Crippen molar-refractivity contribution in [3.05, 3.63) is 144 Å². The fourth-order valence-corrected chi connectivity index (χ4v) is 5.72. The van der Waals surface area contributed by atoms with Crippen molar-refractivity contribution in [2.45, 2.75) is 38.5 Å². The second-order valence-electron chi connectivity index (χ2n) is 11.7. The van der Waals surface area contributed by atoms with Gasteiger partial charge in [0.25, 0.3) is 0 Å². The van der Waals surface area contributed by atoms with Crippen LogP contribution in [0.3, 0.4) is 0 Å². The smallest absolute Gasteiger partial charge is 0.181 e. The molecule has 2 aromatic heterocycles. The lowest BCUT2D eigenvalue weighted by molar-refractivity contribution is 0.618. The number of fused-ring (bicyclic) bond motifs is 10. The molecule has 0 radical (unpaired) electrons.